The predicted molar refractivity (Wildman–Crippen MR) is 73.7 cm³/mol. The second-order valence-corrected chi connectivity index (χ2v) is 4.53. The Kier molecular flexibility index (Phi) is 8.39. The number of hydrogen-bond acceptors (Lipinski definition) is 5. The molecule has 7 heteroatoms. The fraction of sp³-hybridized carbons (Fsp3) is 0.333. The van der Waals surface area contributed by atoms with Crippen LogP contribution in [0.4, 0.5) is 0 Å². The highest BCUT2D eigenvalue weighted by molar-refractivity contribution is 7.98. The van der Waals surface area contributed by atoms with Crippen LogP contribution in [0.3, 0.4) is 0 Å². The quantitative estimate of drug-likeness (QED) is 0.643. The maximum atomic E-state index is 10.3. The van der Waals surface area contributed by atoms with Gasteiger partial charge in [-0.05, 0) is 30.6 Å². The molecule has 0 bridgehead atoms. The number of carboxylic acids is 2. The standard InChI is InChI=1S/C7H6O3.C5H11NO2S/c8-6-4-2-1-3-5(6)7(9)10;1-9-3-2-4(6)5(7)8/h1-4,8H,(H,9,10);4H,2-3,6H2,1H3,(H,7,8)/t;4-/m.0/s1. The van der Waals surface area contributed by atoms with Crippen LogP contribution in [-0.2, 0) is 4.79 Å². The molecule has 106 valence electrons. The van der Waals surface area contributed by atoms with Gasteiger partial charge in [0.25, 0.3) is 0 Å². The second kappa shape index (κ2) is 9.23. The molecule has 1 atom stereocenters. The highest BCUT2D eigenvalue weighted by Crippen LogP contribution is 2.14. The molecule has 0 unspecified atom stereocenters. The van der Waals surface area contributed by atoms with Gasteiger partial charge in [0, 0.05) is 0 Å². The average molecular weight is 287 g/mol. The van der Waals surface area contributed by atoms with Crippen LogP contribution in [0.2, 0.25) is 0 Å². The minimum Gasteiger partial charge on any atom is -0.507 e. The summed E-state index contributed by atoms with van der Waals surface area (Å²) in [6.45, 7) is 0. The number of thioether (sulfide) groups is 1. The summed E-state index contributed by atoms with van der Waals surface area (Å²) >= 11 is 1.60. The number of hydrogen-bond donors (Lipinski definition) is 4. The van der Waals surface area contributed by atoms with Gasteiger partial charge in [-0.3, -0.25) is 4.79 Å². The normalized spacial score (nSPS) is 11.1. The van der Waals surface area contributed by atoms with Gasteiger partial charge in [-0.15, -0.1) is 0 Å². The fourth-order valence-electron chi connectivity index (χ4n) is 1.02. The first-order valence-electron chi connectivity index (χ1n) is 5.38. The average Bonchev–Trinajstić information content (AvgIpc) is 2.36. The number of nitrogens with two attached hydrogens (primary N) is 1. The number of carboxylic acid groups (broad SMARTS) is 2. The first-order valence-corrected chi connectivity index (χ1v) is 6.78. The van der Waals surface area contributed by atoms with Crippen molar-refractivity contribution in [2.75, 3.05) is 12.0 Å². The number of phenols is 1. The third kappa shape index (κ3) is 7.32. The molecule has 6 nitrogen and oxygen atoms in total. The van der Waals surface area contributed by atoms with Gasteiger partial charge in [-0.1, -0.05) is 12.1 Å². The van der Waals surface area contributed by atoms with Crippen molar-refractivity contribution in [1.82, 2.24) is 0 Å². The van der Waals surface area contributed by atoms with Crippen LogP contribution < -0.4 is 5.73 Å². The lowest BCUT2D eigenvalue weighted by molar-refractivity contribution is -0.138. The first kappa shape index (κ1) is 17.3. The van der Waals surface area contributed by atoms with Crippen molar-refractivity contribution in [3.63, 3.8) is 0 Å². The molecular formula is C12H17NO5S. The summed E-state index contributed by atoms with van der Waals surface area (Å²) in [5, 5.41) is 25.6. The molecule has 0 aliphatic rings. The summed E-state index contributed by atoms with van der Waals surface area (Å²) in [6.07, 6.45) is 2.48. The number of aromatic hydroxyl groups is 1. The minimum absolute atomic E-state index is 0.0671. The lowest BCUT2D eigenvalue weighted by Gasteiger charge is -2.02. The molecule has 1 rings (SSSR count). The zero-order valence-electron chi connectivity index (χ0n) is 10.4. The molecule has 19 heavy (non-hydrogen) atoms. The van der Waals surface area contributed by atoms with Crippen molar-refractivity contribution in [3.05, 3.63) is 29.8 Å². The van der Waals surface area contributed by atoms with Crippen molar-refractivity contribution in [2.24, 2.45) is 5.73 Å². The van der Waals surface area contributed by atoms with E-state index < -0.39 is 18.0 Å². The van der Waals surface area contributed by atoms with E-state index in [1.54, 1.807) is 23.9 Å². The number of aliphatic carboxylic acids is 1. The number of para-hydroxylation sites is 1. The summed E-state index contributed by atoms with van der Waals surface area (Å²) in [5.74, 6) is -1.41. The zero-order valence-corrected chi connectivity index (χ0v) is 11.3. The molecule has 0 amide bonds. The summed E-state index contributed by atoms with van der Waals surface area (Å²) in [6, 6.07) is 5.13. The topological polar surface area (TPSA) is 121 Å². The van der Waals surface area contributed by atoms with E-state index in [4.69, 9.17) is 21.1 Å². The lowest BCUT2D eigenvalue weighted by atomic mass is 10.2. The van der Waals surface area contributed by atoms with E-state index in [0.29, 0.717) is 6.42 Å². The van der Waals surface area contributed by atoms with Gasteiger partial charge in [0.15, 0.2) is 0 Å². The first-order chi connectivity index (χ1) is 8.90. The van der Waals surface area contributed by atoms with E-state index in [-0.39, 0.29) is 11.3 Å². The van der Waals surface area contributed by atoms with Crippen LogP contribution in [0.25, 0.3) is 0 Å². The fourth-order valence-corrected chi connectivity index (χ4v) is 1.51. The summed E-state index contributed by atoms with van der Waals surface area (Å²) in [4.78, 5) is 20.3. The number of rotatable bonds is 5. The Hall–Kier alpha value is -1.73. The maximum Gasteiger partial charge on any atom is 0.339 e. The van der Waals surface area contributed by atoms with Gasteiger partial charge in [0.2, 0.25) is 0 Å². The van der Waals surface area contributed by atoms with Gasteiger partial charge in [-0.25, -0.2) is 4.79 Å². The Bertz CT molecular complexity index is 424. The van der Waals surface area contributed by atoms with E-state index in [1.807, 2.05) is 6.26 Å². The number of carbonyl (C=O) groups is 2. The smallest absolute Gasteiger partial charge is 0.339 e. The van der Waals surface area contributed by atoms with E-state index in [0.717, 1.165) is 5.75 Å². The molecule has 0 heterocycles. The molecule has 0 aliphatic heterocycles. The third-order valence-electron chi connectivity index (χ3n) is 2.08. The molecule has 0 fully saturated rings. The summed E-state index contributed by atoms with van der Waals surface area (Å²) in [5.41, 5.74) is 5.12. The van der Waals surface area contributed by atoms with Crippen molar-refractivity contribution >= 4 is 23.7 Å². The van der Waals surface area contributed by atoms with Crippen LogP contribution in [0.1, 0.15) is 16.8 Å². The Morgan fingerprint density at radius 1 is 1.32 bits per heavy atom. The number of benzene rings is 1. The van der Waals surface area contributed by atoms with Crippen LogP contribution >= 0.6 is 11.8 Å². The molecule has 1 aromatic carbocycles. The highest BCUT2D eigenvalue weighted by atomic mass is 32.2. The highest BCUT2D eigenvalue weighted by Gasteiger charge is 2.09. The van der Waals surface area contributed by atoms with Gasteiger partial charge in [0.1, 0.15) is 17.4 Å². The molecule has 5 N–H and O–H groups in total. The molecule has 0 saturated carbocycles. The monoisotopic (exact) mass is 287 g/mol. The molecule has 0 saturated heterocycles. The van der Waals surface area contributed by atoms with Gasteiger partial charge >= 0.3 is 11.9 Å². The van der Waals surface area contributed by atoms with Crippen molar-refractivity contribution < 1.29 is 24.9 Å². The van der Waals surface area contributed by atoms with Crippen LogP contribution in [0.5, 0.6) is 5.75 Å². The van der Waals surface area contributed by atoms with Gasteiger partial charge in [0.05, 0.1) is 0 Å². The van der Waals surface area contributed by atoms with Crippen molar-refractivity contribution in [1.29, 1.82) is 0 Å². The second-order valence-electron chi connectivity index (χ2n) is 3.55. The van der Waals surface area contributed by atoms with E-state index in [9.17, 15) is 9.59 Å². The molecule has 0 aromatic heterocycles. The van der Waals surface area contributed by atoms with E-state index >= 15 is 0 Å². The van der Waals surface area contributed by atoms with Crippen LogP contribution in [0.15, 0.2) is 24.3 Å². The van der Waals surface area contributed by atoms with E-state index in [1.165, 1.54) is 12.1 Å². The van der Waals surface area contributed by atoms with Crippen molar-refractivity contribution in [2.45, 2.75) is 12.5 Å². The molecular weight excluding hydrogens is 270 g/mol. The Morgan fingerprint density at radius 2 is 1.89 bits per heavy atom. The Balaban J connectivity index is 0.000000344. The molecule has 0 spiro atoms. The molecule has 1 aromatic rings. The van der Waals surface area contributed by atoms with Gasteiger partial charge in [-0.2, -0.15) is 11.8 Å². The predicted octanol–water partition coefficient (Wildman–Crippen LogP) is 1.24. The summed E-state index contributed by atoms with van der Waals surface area (Å²) in [7, 11) is 0. The molecule has 0 aliphatic carbocycles. The summed E-state index contributed by atoms with van der Waals surface area (Å²) < 4.78 is 0. The SMILES string of the molecule is CSCC[C@H](N)C(=O)O.O=C(O)c1ccccc1O. The number of aromatic carboxylic acids is 1. The Morgan fingerprint density at radius 3 is 2.26 bits per heavy atom. The third-order valence-corrected chi connectivity index (χ3v) is 2.73. The minimum atomic E-state index is -1.11. The van der Waals surface area contributed by atoms with Crippen LogP contribution in [0, 0.1) is 0 Å². The lowest BCUT2D eigenvalue weighted by Crippen LogP contribution is -2.30. The largest absolute Gasteiger partial charge is 0.507 e. The maximum absolute atomic E-state index is 10.3. The van der Waals surface area contributed by atoms with Crippen LogP contribution in [-0.4, -0.2) is 45.3 Å². The van der Waals surface area contributed by atoms with E-state index in [2.05, 4.69) is 0 Å². The zero-order chi connectivity index (χ0) is 14.8. The molecule has 0 radical (unpaired) electrons. The van der Waals surface area contributed by atoms with Crippen molar-refractivity contribution in [3.8, 4) is 5.75 Å². The van der Waals surface area contributed by atoms with Gasteiger partial charge < -0.3 is 21.1 Å². The Labute approximate surface area is 115 Å².